The van der Waals surface area contributed by atoms with Gasteiger partial charge >= 0.3 is 0 Å². The lowest BCUT2D eigenvalue weighted by Crippen LogP contribution is -2.01. The van der Waals surface area contributed by atoms with Gasteiger partial charge in [-0.15, -0.1) is 0 Å². The van der Waals surface area contributed by atoms with E-state index in [-0.39, 0.29) is 5.78 Å². The average Bonchev–Trinajstić information content (AvgIpc) is 3.28. The highest BCUT2D eigenvalue weighted by molar-refractivity contribution is 6.32. The molecule has 0 saturated carbocycles. The van der Waals surface area contributed by atoms with E-state index in [0.29, 0.717) is 23.7 Å². The standard InChI is InChI=1S/C22H23ClN2O3/c1-5-25-16(4)20(12-24-25)21(26)9-8-17-6-7-18(28-17)13-27-19-10-14(2)22(23)15(3)11-19/h6-12H,5,13H2,1-4H3/b9-8+. The smallest absolute Gasteiger partial charge is 0.189 e. The molecule has 0 amide bonds. The molecule has 1 aromatic carbocycles. The van der Waals surface area contributed by atoms with Gasteiger partial charge in [-0.05, 0) is 75.2 Å². The Labute approximate surface area is 169 Å². The van der Waals surface area contributed by atoms with E-state index in [2.05, 4.69) is 5.10 Å². The van der Waals surface area contributed by atoms with Crippen molar-refractivity contribution < 1.29 is 13.9 Å². The van der Waals surface area contributed by atoms with Crippen molar-refractivity contribution in [3.8, 4) is 5.75 Å². The zero-order valence-corrected chi connectivity index (χ0v) is 17.2. The van der Waals surface area contributed by atoms with E-state index in [4.69, 9.17) is 20.8 Å². The Balaban J connectivity index is 1.63. The first-order valence-corrected chi connectivity index (χ1v) is 9.50. The van der Waals surface area contributed by atoms with Crippen molar-refractivity contribution in [2.24, 2.45) is 0 Å². The number of carbonyl (C=O) groups is 1. The fourth-order valence-electron chi connectivity index (χ4n) is 2.96. The predicted octanol–water partition coefficient (Wildman–Crippen LogP) is 5.55. The molecule has 0 N–H and O–H groups in total. The molecular formula is C22H23ClN2O3. The number of hydrogen-bond donors (Lipinski definition) is 0. The maximum absolute atomic E-state index is 12.4. The first kappa shape index (κ1) is 20.0. The van der Waals surface area contributed by atoms with Crippen molar-refractivity contribution in [2.75, 3.05) is 0 Å². The van der Waals surface area contributed by atoms with Crippen LogP contribution < -0.4 is 4.74 Å². The van der Waals surface area contributed by atoms with Crippen molar-refractivity contribution in [1.29, 1.82) is 0 Å². The van der Waals surface area contributed by atoms with Crippen LogP contribution in [0.5, 0.6) is 5.75 Å². The minimum absolute atomic E-state index is 0.0986. The molecule has 0 saturated heterocycles. The molecule has 0 bridgehead atoms. The summed E-state index contributed by atoms with van der Waals surface area (Å²) in [6, 6.07) is 7.44. The van der Waals surface area contributed by atoms with Gasteiger partial charge in [-0.1, -0.05) is 11.6 Å². The molecule has 0 aliphatic carbocycles. The first-order valence-electron chi connectivity index (χ1n) is 9.12. The van der Waals surface area contributed by atoms with E-state index < -0.39 is 0 Å². The van der Waals surface area contributed by atoms with Gasteiger partial charge in [0.2, 0.25) is 0 Å². The lowest BCUT2D eigenvalue weighted by Gasteiger charge is -2.08. The highest BCUT2D eigenvalue weighted by Gasteiger charge is 2.11. The highest BCUT2D eigenvalue weighted by atomic mass is 35.5. The summed E-state index contributed by atoms with van der Waals surface area (Å²) in [7, 11) is 0. The Morgan fingerprint density at radius 2 is 1.96 bits per heavy atom. The van der Waals surface area contributed by atoms with E-state index in [9.17, 15) is 4.79 Å². The summed E-state index contributed by atoms with van der Waals surface area (Å²) < 4.78 is 13.3. The van der Waals surface area contributed by atoms with Crippen molar-refractivity contribution in [3.63, 3.8) is 0 Å². The van der Waals surface area contributed by atoms with Crippen LogP contribution in [0.15, 0.2) is 41.0 Å². The van der Waals surface area contributed by atoms with Crippen molar-refractivity contribution >= 4 is 23.5 Å². The molecular weight excluding hydrogens is 376 g/mol. The van der Waals surface area contributed by atoms with Gasteiger partial charge in [-0.3, -0.25) is 9.48 Å². The summed E-state index contributed by atoms with van der Waals surface area (Å²) in [5, 5.41) is 4.95. The number of benzene rings is 1. The fraction of sp³-hybridized carbons (Fsp3) is 0.273. The number of ether oxygens (including phenoxy) is 1. The number of hydrogen-bond acceptors (Lipinski definition) is 4. The van der Waals surface area contributed by atoms with Crippen LogP contribution in [0.3, 0.4) is 0 Å². The summed E-state index contributed by atoms with van der Waals surface area (Å²) in [6.07, 6.45) is 4.76. The van der Waals surface area contributed by atoms with Crippen molar-refractivity contribution in [3.05, 3.63) is 75.5 Å². The average molecular weight is 399 g/mol. The number of aryl methyl sites for hydroxylation is 3. The normalized spacial score (nSPS) is 11.3. The monoisotopic (exact) mass is 398 g/mol. The number of allylic oxidation sites excluding steroid dienone is 1. The molecule has 2 aromatic heterocycles. The molecule has 0 spiro atoms. The number of carbonyl (C=O) groups excluding carboxylic acids is 1. The number of furan rings is 1. The highest BCUT2D eigenvalue weighted by Crippen LogP contribution is 2.26. The number of rotatable bonds is 7. The quantitative estimate of drug-likeness (QED) is 0.386. The third-order valence-corrected chi connectivity index (χ3v) is 5.14. The summed E-state index contributed by atoms with van der Waals surface area (Å²) in [4.78, 5) is 12.4. The summed E-state index contributed by atoms with van der Waals surface area (Å²) >= 11 is 6.18. The van der Waals surface area contributed by atoms with Crippen molar-refractivity contribution in [1.82, 2.24) is 9.78 Å². The molecule has 2 heterocycles. The van der Waals surface area contributed by atoms with E-state index in [1.54, 1.807) is 17.0 Å². The Bertz CT molecular complexity index is 1010. The largest absolute Gasteiger partial charge is 0.486 e. The van der Waals surface area contributed by atoms with Crippen LogP contribution in [-0.2, 0) is 13.2 Å². The first-order chi connectivity index (χ1) is 13.4. The van der Waals surface area contributed by atoms with Gasteiger partial charge in [-0.25, -0.2) is 0 Å². The molecule has 0 radical (unpaired) electrons. The maximum Gasteiger partial charge on any atom is 0.189 e. The van der Waals surface area contributed by atoms with Crippen LogP contribution in [0.1, 0.15) is 45.6 Å². The molecule has 6 heteroatoms. The summed E-state index contributed by atoms with van der Waals surface area (Å²) in [5.74, 6) is 1.91. The minimum atomic E-state index is -0.0986. The number of halogens is 1. The molecule has 0 unspecified atom stereocenters. The van der Waals surface area contributed by atoms with E-state index >= 15 is 0 Å². The topological polar surface area (TPSA) is 57.3 Å². The Morgan fingerprint density at radius 3 is 2.61 bits per heavy atom. The third kappa shape index (κ3) is 4.37. The summed E-state index contributed by atoms with van der Waals surface area (Å²) in [6.45, 7) is 8.80. The second-order valence-electron chi connectivity index (χ2n) is 6.62. The molecule has 3 aromatic rings. The molecule has 146 valence electrons. The van der Waals surface area contributed by atoms with Crippen LogP contribution in [0, 0.1) is 20.8 Å². The van der Waals surface area contributed by atoms with Gasteiger partial charge < -0.3 is 9.15 Å². The lowest BCUT2D eigenvalue weighted by atomic mass is 10.1. The number of nitrogens with zero attached hydrogens (tertiary/aromatic N) is 2. The predicted molar refractivity (Wildman–Crippen MR) is 110 cm³/mol. The molecule has 0 fully saturated rings. The van der Waals surface area contributed by atoms with E-state index in [0.717, 1.165) is 34.1 Å². The number of aromatic nitrogens is 2. The van der Waals surface area contributed by atoms with Crippen LogP contribution in [0.25, 0.3) is 6.08 Å². The van der Waals surface area contributed by atoms with Crippen LogP contribution in [0.2, 0.25) is 5.02 Å². The zero-order valence-electron chi connectivity index (χ0n) is 16.5. The minimum Gasteiger partial charge on any atom is -0.486 e. The summed E-state index contributed by atoms with van der Waals surface area (Å²) in [5.41, 5.74) is 3.40. The molecule has 0 atom stereocenters. The SMILES string of the molecule is CCn1ncc(C(=O)/C=C/c2ccc(COc3cc(C)c(Cl)c(C)c3)o2)c1C. The van der Waals surface area contributed by atoms with Crippen LogP contribution >= 0.6 is 11.6 Å². The maximum atomic E-state index is 12.4. The molecule has 0 aliphatic rings. The second kappa shape index (κ2) is 8.48. The fourth-order valence-corrected chi connectivity index (χ4v) is 3.07. The molecule has 5 nitrogen and oxygen atoms in total. The Hall–Kier alpha value is -2.79. The van der Waals surface area contributed by atoms with Gasteiger partial charge in [-0.2, -0.15) is 5.10 Å². The van der Waals surface area contributed by atoms with Gasteiger partial charge in [0.05, 0.1) is 11.8 Å². The second-order valence-corrected chi connectivity index (χ2v) is 7.00. The molecule has 3 rings (SSSR count). The van der Waals surface area contributed by atoms with Gasteiger partial charge in [0, 0.05) is 17.3 Å². The third-order valence-electron chi connectivity index (χ3n) is 4.54. The van der Waals surface area contributed by atoms with Gasteiger partial charge in [0.15, 0.2) is 5.78 Å². The molecule has 0 aliphatic heterocycles. The van der Waals surface area contributed by atoms with Crippen LogP contribution in [0.4, 0.5) is 0 Å². The Morgan fingerprint density at radius 1 is 1.25 bits per heavy atom. The number of ketones is 1. The Kier molecular flexibility index (Phi) is 6.05. The molecule has 28 heavy (non-hydrogen) atoms. The van der Waals surface area contributed by atoms with E-state index in [1.165, 1.54) is 6.08 Å². The van der Waals surface area contributed by atoms with Gasteiger partial charge in [0.1, 0.15) is 23.9 Å². The zero-order chi connectivity index (χ0) is 20.3. The lowest BCUT2D eigenvalue weighted by molar-refractivity contribution is 0.104. The van der Waals surface area contributed by atoms with E-state index in [1.807, 2.05) is 52.0 Å². The van der Waals surface area contributed by atoms with Crippen LogP contribution in [-0.4, -0.2) is 15.6 Å². The van der Waals surface area contributed by atoms with Crippen molar-refractivity contribution in [2.45, 2.75) is 40.8 Å². The van der Waals surface area contributed by atoms with Gasteiger partial charge in [0.25, 0.3) is 0 Å².